The lowest BCUT2D eigenvalue weighted by molar-refractivity contribution is -0.176. The summed E-state index contributed by atoms with van der Waals surface area (Å²) in [4.78, 5) is 35.5. The Morgan fingerprint density at radius 3 is 2.24 bits per heavy atom. The van der Waals surface area contributed by atoms with Crippen molar-refractivity contribution in [2.45, 2.75) is 32.7 Å². The lowest BCUT2D eigenvalue weighted by atomic mass is 9.88. The minimum Gasteiger partial charge on any atom is -0.479 e. The van der Waals surface area contributed by atoms with Gasteiger partial charge >= 0.3 is 5.97 Å². The van der Waals surface area contributed by atoms with Crippen LogP contribution in [0.15, 0.2) is 0 Å². The van der Waals surface area contributed by atoms with E-state index in [4.69, 9.17) is 4.74 Å². The van der Waals surface area contributed by atoms with Gasteiger partial charge in [-0.1, -0.05) is 13.8 Å². The third-order valence-corrected chi connectivity index (χ3v) is 2.71. The number of rotatable bonds is 4. The van der Waals surface area contributed by atoms with Crippen LogP contribution < -0.4 is 0 Å². The SMILES string of the molecule is CC(C)CC(C)(C(=O)O)N1C(=O)COCC1=O. The highest BCUT2D eigenvalue weighted by molar-refractivity contribution is 6.03. The number of hydrogen-bond donors (Lipinski definition) is 1. The van der Waals surface area contributed by atoms with E-state index in [1.165, 1.54) is 6.92 Å². The van der Waals surface area contributed by atoms with Gasteiger partial charge in [0, 0.05) is 0 Å². The van der Waals surface area contributed by atoms with Gasteiger partial charge in [-0.3, -0.25) is 14.5 Å². The Bertz CT molecular complexity index is 336. The summed E-state index contributed by atoms with van der Waals surface area (Å²) in [6.45, 7) is 4.60. The summed E-state index contributed by atoms with van der Waals surface area (Å²) in [6, 6.07) is 0. The molecule has 1 atom stereocenters. The first-order chi connectivity index (χ1) is 7.79. The number of aliphatic carboxylic acids is 1. The first kappa shape index (κ1) is 13.6. The van der Waals surface area contributed by atoms with Crippen molar-refractivity contribution in [2.75, 3.05) is 13.2 Å². The molecule has 1 saturated heterocycles. The first-order valence-electron chi connectivity index (χ1n) is 5.46. The maximum atomic E-state index is 11.7. The zero-order chi connectivity index (χ0) is 13.2. The zero-order valence-corrected chi connectivity index (χ0v) is 10.2. The monoisotopic (exact) mass is 243 g/mol. The highest BCUT2D eigenvalue weighted by atomic mass is 16.5. The number of carbonyl (C=O) groups is 3. The van der Waals surface area contributed by atoms with Crippen molar-refractivity contribution in [2.24, 2.45) is 5.92 Å². The molecule has 6 nitrogen and oxygen atoms in total. The number of amides is 2. The number of nitrogens with zero attached hydrogens (tertiary/aromatic N) is 1. The van der Waals surface area contributed by atoms with E-state index in [0.29, 0.717) is 0 Å². The summed E-state index contributed by atoms with van der Waals surface area (Å²) >= 11 is 0. The van der Waals surface area contributed by atoms with Crippen LogP contribution in [-0.2, 0) is 19.1 Å². The number of carboxylic acids is 1. The van der Waals surface area contributed by atoms with E-state index in [1.54, 1.807) is 0 Å². The van der Waals surface area contributed by atoms with Crippen molar-refractivity contribution in [1.29, 1.82) is 0 Å². The molecule has 1 aliphatic rings. The van der Waals surface area contributed by atoms with E-state index >= 15 is 0 Å². The van der Waals surface area contributed by atoms with Crippen LogP contribution in [0.4, 0.5) is 0 Å². The van der Waals surface area contributed by atoms with Crippen molar-refractivity contribution in [1.82, 2.24) is 4.90 Å². The molecule has 1 fully saturated rings. The molecule has 0 spiro atoms. The Morgan fingerprint density at radius 1 is 1.41 bits per heavy atom. The number of imide groups is 1. The molecule has 6 heteroatoms. The van der Waals surface area contributed by atoms with Gasteiger partial charge in [-0.05, 0) is 19.3 Å². The van der Waals surface area contributed by atoms with Crippen molar-refractivity contribution in [3.8, 4) is 0 Å². The van der Waals surface area contributed by atoms with Crippen LogP contribution in [0.3, 0.4) is 0 Å². The molecule has 0 radical (unpaired) electrons. The van der Waals surface area contributed by atoms with Crippen LogP contribution >= 0.6 is 0 Å². The quantitative estimate of drug-likeness (QED) is 0.716. The van der Waals surface area contributed by atoms with Gasteiger partial charge in [0.15, 0.2) is 0 Å². The second-order valence-electron chi connectivity index (χ2n) is 4.79. The Balaban J connectivity index is 3.08. The van der Waals surface area contributed by atoms with Gasteiger partial charge in [0.2, 0.25) is 0 Å². The number of carbonyl (C=O) groups excluding carboxylic acids is 2. The Hall–Kier alpha value is -1.43. The summed E-state index contributed by atoms with van der Waals surface area (Å²) in [5.74, 6) is -2.30. The molecular weight excluding hydrogens is 226 g/mol. The lowest BCUT2D eigenvalue weighted by Crippen LogP contribution is -2.62. The van der Waals surface area contributed by atoms with E-state index in [2.05, 4.69) is 0 Å². The maximum Gasteiger partial charge on any atom is 0.329 e. The van der Waals surface area contributed by atoms with Gasteiger partial charge in [0.25, 0.3) is 11.8 Å². The van der Waals surface area contributed by atoms with Gasteiger partial charge in [-0.25, -0.2) is 4.79 Å². The molecule has 0 saturated carbocycles. The third kappa shape index (κ3) is 2.63. The minimum atomic E-state index is -1.49. The topological polar surface area (TPSA) is 83.9 Å². The first-order valence-corrected chi connectivity index (χ1v) is 5.46. The number of hydrogen-bond acceptors (Lipinski definition) is 4. The Kier molecular flexibility index (Phi) is 3.87. The Morgan fingerprint density at radius 2 is 1.88 bits per heavy atom. The van der Waals surface area contributed by atoms with Crippen LogP contribution in [0.2, 0.25) is 0 Å². The zero-order valence-electron chi connectivity index (χ0n) is 10.2. The van der Waals surface area contributed by atoms with E-state index in [0.717, 1.165) is 4.90 Å². The predicted molar refractivity (Wildman–Crippen MR) is 58.2 cm³/mol. The van der Waals surface area contributed by atoms with E-state index in [1.807, 2.05) is 13.8 Å². The standard InChI is InChI=1S/C11H17NO5/c1-7(2)4-11(3,10(15)16)12-8(13)5-17-6-9(12)14/h7H,4-6H2,1-3H3,(H,15,16). The molecular formula is C11H17NO5. The van der Waals surface area contributed by atoms with E-state index < -0.39 is 23.3 Å². The molecule has 17 heavy (non-hydrogen) atoms. The average Bonchev–Trinajstić information content (AvgIpc) is 2.15. The fourth-order valence-electron chi connectivity index (χ4n) is 2.11. The highest BCUT2D eigenvalue weighted by Gasteiger charge is 2.47. The van der Waals surface area contributed by atoms with Crippen molar-refractivity contribution >= 4 is 17.8 Å². The third-order valence-electron chi connectivity index (χ3n) is 2.71. The normalized spacial score (nSPS) is 20.6. The molecule has 1 aliphatic heterocycles. The summed E-state index contributed by atoms with van der Waals surface area (Å²) in [6.07, 6.45) is 0.222. The van der Waals surface area contributed by atoms with Gasteiger partial charge in [0.1, 0.15) is 18.8 Å². The second kappa shape index (κ2) is 4.83. The second-order valence-corrected chi connectivity index (χ2v) is 4.79. The fourth-order valence-corrected chi connectivity index (χ4v) is 2.11. The average molecular weight is 243 g/mol. The molecule has 0 bridgehead atoms. The fraction of sp³-hybridized carbons (Fsp3) is 0.727. The van der Waals surface area contributed by atoms with Gasteiger partial charge < -0.3 is 9.84 Å². The largest absolute Gasteiger partial charge is 0.479 e. The van der Waals surface area contributed by atoms with Crippen molar-refractivity contribution in [3.63, 3.8) is 0 Å². The molecule has 0 aliphatic carbocycles. The molecule has 0 aromatic heterocycles. The van der Waals surface area contributed by atoms with Crippen LogP contribution in [0.25, 0.3) is 0 Å². The van der Waals surface area contributed by atoms with Crippen LogP contribution in [0.5, 0.6) is 0 Å². The molecule has 1 rings (SSSR count). The molecule has 0 aromatic rings. The van der Waals surface area contributed by atoms with Crippen LogP contribution in [0.1, 0.15) is 27.2 Å². The molecule has 0 aromatic carbocycles. The molecule has 2 amide bonds. The predicted octanol–water partition coefficient (Wildman–Crippen LogP) is 0.261. The molecule has 96 valence electrons. The van der Waals surface area contributed by atoms with Gasteiger partial charge in [-0.2, -0.15) is 0 Å². The van der Waals surface area contributed by atoms with E-state index in [-0.39, 0.29) is 25.6 Å². The molecule has 1 unspecified atom stereocenters. The summed E-state index contributed by atoms with van der Waals surface area (Å²) in [7, 11) is 0. The molecule has 1 heterocycles. The maximum absolute atomic E-state index is 11.7. The Labute approximate surface area is 99.5 Å². The van der Waals surface area contributed by atoms with Crippen LogP contribution in [0, 0.1) is 5.92 Å². The van der Waals surface area contributed by atoms with Crippen molar-refractivity contribution in [3.05, 3.63) is 0 Å². The number of ether oxygens (including phenoxy) is 1. The summed E-state index contributed by atoms with van der Waals surface area (Å²) < 4.78 is 4.77. The number of morpholine rings is 1. The smallest absolute Gasteiger partial charge is 0.329 e. The lowest BCUT2D eigenvalue weighted by Gasteiger charge is -2.39. The summed E-state index contributed by atoms with van der Waals surface area (Å²) in [5, 5.41) is 9.28. The van der Waals surface area contributed by atoms with Crippen LogP contribution in [-0.4, -0.2) is 46.5 Å². The summed E-state index contributed by atoms with van der Waals surface area (Å²) in [5.41, 5.74) is -1.49. The van der Waals surface area contributed by atoms with Gasteiger partial charge in [0.05, 0.1) is 0 Å². The highest BCUT2D eigenvalue weighted by Crippen LogP contribution is 2.26. The molecule has 1 N–H and O–H groups in total. The number of carboxylic acid groups (broad SMARTS) is 1. The van der Waals surface area contributed by atoms with Crippen molar-refractivity contribution < 1.29 is 24.2 Å². The van der Waals surface area contributed by atoms with Gasteiger partial charge in [-0.15, -0.1) is 0 Å². The minimum absolute atomic E-state index is 0.0551. The van der Waals surface area contributed by atoms with E-state index in [9.17, 15) is 19.5 Å².